The number of rotatable bonds is 4. The van der Waals surface area contributed by atoms with Gasteiger partial charge in [-0.05, 0) is 25.7 Å². The van der Waals surface area contributed by atoms with E-state index in [0.717, 1.165) is 48.5 Å². The maximum Gasteiger partial charge on any atom is 0.194 e. The minimum atomic E-state index is 0.532. The highest BCUT2D eigenvalue weighted by Crippen LogP contribution is 2.20. The molecule has 0 radical (unpaired) electrons. The number of benzene rings is 1. The van der Waals surface area contributed by atoms with E-state index in [0.29, 0.717) is 6.54 Å². The third-order valence-corrected chi connectivity index (χ3v) is 4.43. The molecule has 2 aromatic rings. The first-order chi connectivity index (χ1) is 11.8. The molecule has 0 bridgehead atoms. The summed E-state index contributed by atoms with van der Waals surface area (Å²) in [6.07, 6.45) is 2.46. The Bertz CT molecular complexity index is 657. The van der Waals surface area contributed by atoms with Gasteiger partial charge in [-0.3, -0.25) is 0 Å². The van der Waals surface area contributed by atoms with Crippen molar-refractivity contribution < 1.29 is 4.52 Å². The van der Waals surface area contributed by atoms with E-state index in [1.54, 1.807) is 0 Å². The van der Waals surface area contributed by atoms with Gasteiger partial charge in [-0.25, -0.2) is 4.99 Å². The van der Waals surface area contributed by atoms with Crippen LogP contribution in [0.2, 0.25) is 0 Å². The summed E-state index contributed by atoms with van der Waals surface area (Å²) in [5.41, 5.74) is 1.90. The standard InChI is InChI=1S/C19H26N4O/c1-3-20-19(23-11-9-15(2)10-12-23)21-14-17-13-18(24-22-17)16-7-5-4-6-8-16/h4-8,13,15H,3,9-12,14H2,1-2H3,(H,20,21). The number of guanidine groups is 1. The zero-order valence-corrected chi connectivity index (χ0v) is 14.5. The molecule has 0 amide bonds. The van der Waals surface area contributed by atoms with Crippen LogP contribution in [0.5, 0.6) is 0 Å². The molecule has 1 aromatic heterocycles. The van der Waals surface area contributed by atoms with Crippen molar-refractivity contribution in [1.29, 1.82) is 0 Å². The quantitative estimate of drug-likeness (QED) is 0.690. The third-order valence-electron chi connectivity index (χ3n) is 4.43. The minimum Gasteiger partial charge on any atom is -0.357 e. The Morgan fingerprint density at radius 2 is 2.04 bits per heavy atom. The Balaban J connectivity index is 1.67. The Kier molecular flexibility index (Phi) is 5.51. The van der Waals surface area contributed by atoms with Gasteiger partial charge in [-0.1, -0.05) is 42.4 Å². The lowest BCUT2D eigenvalue weighted by atomic mass is 10.00. The average molecular weight is 326 g/mol. The Morgan fingerprint density at radius 1 is 1.29 bits per heavy atom. The van der Waals surface area contributed by atoms with Crippen LogP contribution in [0.4, 0.5) is 0 Å². The molecule has 3 rings (SSSR count). The van der Waals surface area contributed by atoms with E-state index in [9.17, 15) is 0 Å². The summed E-state index contributed by atoms with van der Waals surface area (Å²) in [5, 5.41) is 7.55. The molecule has 1 aliphatic heterocycles. The molecule has 0 aliphatic carbocycles. The number of nitrogens with zero attached hydrogens (tertiary/aromatic N) is 3. The molecule has 0 atom stereocenters. The molecule has 2 heterocycles. The zero-order valence-electron chi connectivity index (χ0n) is 14.5. The maximum atomic E-state index is 5.45. The largest absolute Gasteiger partial charge is 0.357 e. The van der Waals surface area contributed by atoms with Crippen molar-refractivity contribution in [3.05, 3.63) is 42.1 Å². The molecule has 1 aromatic carbocycles. The average Bonchev–Trinajstić information content (AvgIpc) is 3.09. The maximum absolute atomic E-state index is 5.45. The molecule has 24 heavy (non-hydrogen) atoms. The molecular formula is C19H26N4O. The second kappa shape index (κ2) is 7.99. The van der Waals surface area contributed by atoms with Gasteiger partial charge in [-0.15, -0.1) is 0 Å². The predicted octanol–water partition coefficient (Wildman–Crippen LogP) is 3.54. The van der Waals surface area contributed by atoms with Crippen LogP contribution in [0, 0.1) is 5.92 Å². The number of nitrogens with one attached hydrogen (secondary N) is 1. The highest BCUT2D eigenvalue weighted by atomic mass is 16.5. The number of likely N-dealkylation sites (tertiary alicyclic amines) is 1. The molecule has 5 heteroatoms. The van der Waals surface area contributed by atoms with Crippen LogP contribution in [-0.2, 0) is 6.54 Å². The summed E-state index contributed by atoms with van der Waals surface area (Å²) in [6.45, 7) is 7.97. The number of hydrogen-bond donors (Lipinski definition) is 1. The molecular weight excluding hydrogens is 300 g/mol. The van der Waals surface area contributed by atoms with Gasteiger partial charge in [0.05, 0.1) is 6.54 Å². The van der Waals surface area contributed by atoms with Crippen molar-refractivity contribution >= 4 is 5.96 Å². The molecule has 1 N–H and O–H groups in total. The van der Waals surface area contributed by atoms with E-state index in [1.165, 1.54) is 12.8 Å². The van der Waals surface area contributed by atoms with Crippen LogP contribution in [-0.4, -0.2) is 35.7 Å². The van der Waals surface area contributed by atoms with Crippen molar-refractivity contribution in [2.24, 2.45) is 10.9 Å². The summed E-state index contributed by atoms with van der Waals surface area (Å²) in [7, 11) is 0. The zero-order chi connectivity index (χ0) is 16.8. The van der Waals surface area contributed by atoms with E-state index < -0.39 is 0 Å². The molecule has 0 unspecified atom stereocenters. The highest BCUT2D eigenvalue weighted by Gasteiger charge is 2.18. The topological polar surface area (TPSA) is 53.7 Å². The van der Waals surface area contributed by atoms with Gasteiger partial charge in [0.15, 0.2) is 11.7 Å². The number of hydrogen-bond acceptors (Lipinski definition) is 3. The molecule has 1 aliphatic rings. The predicted molar refractivity (Wildman–Crippen MR) is 96.7 cm³/mol. The lowest BCUT2D eigenvalue weighted by Crippen LogP contribution is -2.45. The van der Waals surface area contributed by atoms with Gasteiger partial charge in [0.25, 0.3) is 0 Å². The van der Waals surface area contributed by atoms with Crippen LogP contribution >= 0.6 is 0 Å². The Labute approximate surface area is 143 Å². The van der Waals surface area contributed by atoms with Crippen LogP contribution in [0.1, 0.15) is 32.4 Å². The molecule has 1 saturated heterocycles. The van der Waals surface area contributed by atoms with Gasteiger partial charge in [0.1, 0.15) is 5.69 Å². The minimum absolute atomic E-state index is 0.532. The Morgan fingerprint density at radius 3 is 2.75 bits per heavy atom. The smallest absolute Gasteiger partial charge is 0.194 e. The van der Waals surface area contributed by atoms with E-state index >= 15 is 0 Å². The normalized spacial score (nSPS) is 16.4. The first-order valence-electron chi connectivity index (χ1n) is 8.80. The van der Waals surface area contributed by atoms with E-state index in [2.05, 4.69) is 29.2 Å². The van der Waals surface area contributed by atoms with Crippen molar-refractivity contribution in [2.45, 2.75) is 33.2 Å². The second-order valence-corrected chi connectivity index (χ2v) is 6.39. The molecule has 1 fully saturated rings. The first kappa shape index (κ1) is 16.6. The van der Waals surface area contributed by atoms with Crippen molar-refractivity contribution in [2.75, 3.05) is 19.6 Å². The number of aromatic nitrogens is 1. The van der Waals surface area contributed by atoms with Gasteiger partial charge in [0.2, 0.25) is 0 Å². The number of piperidine rings is 1. The second-order valence-electron chi connectivity index (χ2n) is 6.39. The van der Waals surface area contributed by atoms with E-state index in [1.807, 2.05) is 36.4 Å². The lowest BCUT2D eigenvalue weighted by Gasteiger charge is -2.32. The monoisotopic (exact) mass is 326 g/mol. The van der Waals surface area contributed by atoms with Crippen LogP contribution in [0.15, 0.2) is 45.9 Å². The molecule has 0 spiro atoms. The van der Waals surface area contributed by atoms with Crippen molar-refractivity contribution in [3.63, 3.8) is 0 Å². The summed E-state index contributed by atoms with van der Waals surface area (Å²) >= 11 is 0. The molecule has 0 saturated carbocycles. The number of aliphatic imine (C=N–C) groups is 1. The fourth-order valence-electron chi connectivity index (χ4n) is 2.93. The van der Waals surface area contributed by atoms with Gasteiger partial charge >= 0.3 is 0 Å². The van der Waals surface area contributed by atoms with Crippen LogP contribution < -0.4 is 5.32 Å². The van der Waals surface area contributed by atoms with Crippen LogP contribution in [0.25, 0.3) is 11.3 Å². The summed E-state index contributed by atoms with van der Waals surface area (Å²) in [5.74, 6) is 2.58. The summed E-state index contributed by atoms with van der Waals surface area (Å²) < 4.78 is 5.45. The van der Waals surface area contributed by atoms with Crippen molar-refractivity contribution in [1.82, 2.24) is 15.4 Å². The lowest BCUT2D eigenvalue weighted by molar-refractivity contribution is 0.273. The summed E-state index contributed by atoms with van der Waals surface area (Å²) in [6, 6.07) is 12.0. The van der Waals surface area contributed by atoms with Gasteiger partial charge in [0, 0.05) is 31.3 Å². The molecule has 5 nitrogen and oxygen atoms in total. The first-order valence-corrected chi connectivity index (χ1v) is 8.80. The fraction of sp³-hybridized carbons (Fsp3) is 0.474. The highest BCUT2D eigenvalue weighted by molar-refractivity contribution is 5.80. The van der Waals surface area contributed by atoms with E-state index in [4.69, 9.17) is 9.52 Å². The molecule has 128 valence electrons. The Hall–Kier alpha value is -2.30. The van der Waals surface area contributed by atoms with Gasteiger partial charge in [-0.2, -0.15) is 0 Å². The van der Waals surface area contributed by atoms with E-state index in [-0.39, 0.29) is 0 Å². The SMILES string of the molecule is CCNC(=NCc1cc(-c2ccccc2)on1)N1CCC(C)CC1. The van der Waals surface area contributed by atoms with Gasteiger partial charge < -0.3 is 14.7 Å². The third kappa shape index (κ3) is 4.16. The summed E-state index contributed by atoms with van der Waals surface area (Å²) in [4.78, 5) is 7.10. The van der Waals surface area contributed by atoms with Crippen molar-refractivity contribution in [3.8, 4) is 11.3 Å². The van der Waals surface area contributed by atoms with Crippen LogP contribution in [0.3, 0.4) is 0 Å². The fourth-order valence-corrected chi connectivity index (χ4v) is 2.93.